The van der Waals surface area contributed by atoms with E-state index in [4.69, 9.17) is 10.5 Å². The molecule has 1 aromatic heterocycles. The summed E-state index contributed by atoms with van der Waals surface area (Å²) in [6.45, 7) is 3.08. The van der Waals surface area contributed by atoms with Gasteiger partial charge in [0.05, 0.1) is 11.8 Å². The summed E-state index contributed by atoms with van der Waals surface area (Å²) < 4.78 is 5.09. The molecular formula is C9H16N4O. The van der Waals surface area contributed by atoms with E-state index in [1.54, 1.807) is 19.4 Å². The van der Waals surface area contributed by atoms with Gasteiger partial charge in [0.25, 0.3) is 0 Å². The topological polar surface area (TPSA) is 73.1 Å². The summed E-state index contributed by atoms with van der Waals surface area (Å²) in [5.41, 5.74) is 6.28. The lowest BCUT2D eigenvalue weighted by Gasteiger charge is -2.10. The third-order valence-electron chi connectivity index (χ3n) is 1.87. The molecule has 0 spiro atoms. The van der Waals surface area contributed by atoms with Gasteiger partial charge in [-0.3, -0.25) is 0 Å². The molecular weight excluding hydrogens is 180 g/mol. The van der Waals surface area contributed by atoms with Crippen LogP contribution in [-0.2, 0) is 11.3 Å². The summed E-state index contributed by atoms with van der Waals surface area (Å²) in [7, 11) is 1.67. The zero-order chi connectivity index (χ0) is 10.4. The van der Waals surface area contributed by atoms with Crippen molar-refractivity contribution in [1.82, 2.24) is 9.97 Å². The Morgan fingerprint density at radius 1 is 1.64 bits per heavy atom. The highest BCUT2D eigenvalue weighted by molar-refractivity contribution is 5.25. The predicted molar refractivity (Wildman–Crippen MR) is 54.9 cm³/mol. The Bertz CT molecular complexity index is 279. The lowest BCUT2D eigenvalue weighted by molar-refractivity contribution is 0.128. The summed E-state index contributed by atoms with van der Waals surface area (Å²) in [5, 5.41) is 3.07. The predicted octanol–water partition coefficient (Wildman–Crippen LogP) is 0.382. The van der Waals surface area contributed by atoms with Crippen LogP contribution in [0.1, 0.15) is 12.6 Å². The number of anilines is 1. The molecule has 0 fully saturated rings. The first kappa shape index (κ1) is 10.9. The second kappa shape index (κ2) is 5.51. The highest BCUT2D eigenvalue weighted by Gasteiger charge is 2.01. The van der Waals surface area contributed by atoms with E-state index < -0.39 is 0 Å². The van der Waals surface area contributed by atoms with Crippen LogP contribution in [0.5, 0.6) is 0 Å². The Balaban J connectivity index is 2.50. The van der Waals surface area contributed by atoms with Gasteiger partial charge in [-0.05, 0) is 13.0 Å². The molecule has 0 aliphatic heterocycles. The van der Waals surface area contributed by atoms with Crippen molar-refractivity contribution in [3.05, 3.63) is 18.0 Å². The molecule has 14 heavy (non-hydrogen) atoms. The van der Waals surface area contributed by atoms with Gasteiger partial charge < -0.3 is 15.8 Å². The van der Waals surface area contributed by atoms with E-state index in [0.29, 0.717) is 19.0 Å². The van der Waals surface area contributed by atoms with E-state index in [9.17, 15) is 0 Å². The van der Waals surface area contributed by atoms with Crippen LogP contribution in [0, 0.1) is 0 Å². The average molecular weight is 196 g/mol. The van der Waals surface area contributed by atoms with Crippen LogP contribution in [0.15, 0.2) is 12.3 Å². The Kier molecular flexibility index (Phi) is 4.28. The summed E-state index contributed by atoms with van der Waals surface area (Å²) >= 11 is 0. The number of nitrogens with two attached hydrogens (primary N) is 1. The van der Waals surface area contributed by atoms with E-state index in [1.165, 1.54) is 0 Å². The molecule has 1 rings (SSSR count). The van der Waals surface area contributed by atoms with Crippen LogP contribution >= 0.6 is 0 Å². The number of nitrogens with zero attached hydrogens (tertiary/aromatic N) is 2. The van der Waals surface area contributed by atoms with Crippen LogP contribution in [0.3, 0.4) is 0 Å². The second-order valence-electron chi connectivity index (χ2n) is 3.00. The summed E-state index contributed by atoms with van der Waals surface area (Å²) in [5.74, 6) is 0.594. The average Bonchev–Trinajstić information content (AvgIpc) is 2.26. The molecule has 1 unspecified atom stereocenters. The zero-order valence-electron chi connectivity index (χ0n) is 8.53. The van der Waals surface area contributed by atoms with Gasteiger partial charge in [-0.2, -0.15) is 0 Å². The SMILES string of the molecule is COC(C)CNc1nccc(CN)n1. The van der Waals surface area contributed by atoms with E-state index >= 15 is 0 Å². The molecule has 78 valence electrons. The smallest absolute Gasteiger partial charge is 0.222 e. The third kappa shape index (κ3) is 3.27. The molecule has 0 radical (unpaired) electrons. The van der Waals surface area contributed by atoms with E-state index in [1.807, 2.05) is 6.92 Å². The van der Waals surface area contributed by atoms with Crippen LogP contribution in [0.4, 0.5) is 5.95 Å². The molecule has 0 bridgehead atoms. The summed E-state index contributed by atoms with van der Waals surface area (Å²) in [6, 6.07) is 1.80. The van der Waals surface area contributed by atoms with Gasteiger partial charge in [-0.1, -0.05) is 0 Å². The largest absolute Gasteiger partial charge is 0.380 e. The molecule has 0 saturated heterocycles. The highest BCUT2D eigenvalue weighted by atomic mass is 16.5. The second-order valence-corrected chi connectivity index (χ2v) is 3.00. The van der Waals surface area contributed by atoms with Crippen molar-refractivity contribution in [3.8, 4) is 0 Å². The minimum absolute atomic E-state index is 0.139. The van der Waals surface area contributed by atoms with Crippen molar-refractivity contribution in [2.24, 2.45) is 5.73 Å². The normalized spacial score (nSPS) is 12.5. The van der Waals surface area contributed by atoms with Gasteiger partial charge in [-0.15, -0.1) is 0 Å². The molecule has 5 heteroatoms. The van der Waals surface area contributed by atoms with E-state index in [2.05, 4.69) is 15.3 Å². The van der Waals surface area contributed by atoms with Crippen LogP contribution in [0.25, 0.3) is 0 Å². The molecule has 1 heterocycles. The molecule has 5 nitrogen and oxygen atoms in total. The first-order chi connectivity index (χ1) is 6.76. The molecule has 0 aromatic carbocycles. The van der Waals surface area contributed by atoms with Gasteiger partial charge >= 0.3 is 0 Å². The fourth-order valence-corrected chi connectivity index (χ4v) is 0.913. The fourth-order valence-electron chi connectivity index (χ4n) is 0.913. The maximum absolute atomic E-state index is 5.46. The first-order valence-electron chi connectivity index (χ1n) is 4.55. The number of aromatic nitrogens is 2. The fraction of sp³-hybridized carbons (Fsp3) is 0.556. The van der Waals surface area contributed by atoms with E-state index in [0.717, 1.165) is 5.69 Å². The standard InChI is InChI=1S/C9H16N4O/c1-7(14-2)6-12-9-11-4-3-8(5-10)13-9/h3-4,7H,5-6,10H2,1-2H3,(H,11,12,13). The molecule has 1 atom stereocenters. The number of methoxy groups -OCH3 is 1. The number of nitrogens with one attached hydrogen (secondary N) is 1. The lowest BCUT2D eigenvalue weighted by atomic mass is 10.4. The van der Waals surface area contributed by atoms with Gasteiger partial charge in [0.15, 0.2) is 0 Å². The maximum Gasteiger partial charge on any atom is 0.222 e. The third-order valence-corrected chi connectivity index (χ3v) is 1.87. The quantitative estimate of drug-likeness (QED) is 0.712. The molecule has 3 N–H and O–H groups in total. The molecule has 0 aliphatic rings. The number of rotatable bonds is 5. The Hall–Kier alpha value is -1.20. The maximum atomic E-state index is 5.46. The monoisotopic (exact) mass is 196 g/mol. The molecule has 0 amide bonds. The Labute approximate surface area is 83.7 Å². The minimum Gasteiger partial charge on any atom is -0.380 e. The van der Waals surface area contributed by atoms with Gasteiger partial charge in [0, 0.05) is 26.4 Å². The highest BCUT2D eigenvalue weighted by Crippen LogP contribution is 2.00. The Morgan fingerprint density at radius 3 is 3.07 bits per heavy atom. The van der Waals surface area contributed by atoms with Crippen LogP contribution < -0.4 is 11.1 Å². The van der Waals surface area contributed by atoms with E-state index in [-0.39, 0.29) is 6.10 Å². The van der Waals surface area contributed by atoms with Crippen molar-refractivity contribution >= 4 is 5.95 Å². The van der Waals surface area contributed by atoms with Crippen molar-refractivity contribution in [1.29, 1.82) is 0 Å². The van der Waals surface area contributed by atoms with Gasteiger partial charge in [0.2, 0.25) is 5.95 Å². The van der Waals surface area contributed by atoms with Gasteiger partial charge in [0.1, 0.15) is 0 Å². The summed E-state index contributed by atoms with van der Waals surface area (Å²) in [4.78, 5) is 8.25. The van der Waals surface area contributed by atoms with Crippen molar-refractivity contribution in [3.63, 3.8) is 0 Å². The Morgan fingerprint density at radius 2 is 2.43 bits per heavy atom. The lowest BCUT2D eigenvalue weighted by Crippen LogP contribution is -2.19. The number of hydrogen-bond donors (Lipinski definition) is 2. The summed E-state index contributed by atoms with van der Waals surface area (Å²) in [6.07, 6.45) is 1.83. The van der Waals surface area contributed by atoms with Crippen LogP contribution in [-0.4, -0.2) is 29.7 Å². The molecule has 1 aromatic rings. The minimum atomic E-state index is 0.139. The van der Waals surface area contributed by atoms with Crippen molar-refractivity contribution < 1.29 is 4.74 Å². The zero-order valence-corrected chi connectivity index (χ0v) is 8.53. The molecule has 0 aliphatic carbocycles. The van der Waals surface area contributed by atoms with Crippen molar-refractivity contribution in [2.75, 3.05) is 19.0 Å². The first-order valence-corrected chi connectivity index (χ1v) is 4.55. The van der Waals surface area contributed by atoms with Crippen molar-refractivity contribution in [2.45, 2.75) is 19.6 Å². The molecule has 0 saturated carbocycles. The van der Waals surface area contributed by atoms with Crippen LogP contribution in [0.2, 0.25) is 0 Å². The number of hydrogen-bond acceptors (Lipinski definition) is 5. The van der Waals surface area contributed by atoms with Gasteiger partial charge in [-0.25, -0.2) is 9.97 Å². The number of ether oxygens (including phenoxy) is 1.